The van der Waals surface area contributed by atoms with E-state index in [1.54, 1.807) is 0 Å². The van der Waals surface area contributed by atoms with Gasteiger partial charge in [-0.15, -0.1) is 11.6 Å². The summed E-state index contributed by atoms with van der Waals surface area (Å²) in [7, 11) is 0. The molecule has 1 aliphatic heterocycles. The fourth-order valence-electron chi connectivity index (χ4n) is 2.29. The van der Waals surface area contributed by atoms with Crippen molar-refractivity contribution in [3.05, 3.63) is 22.9 Å². The summed E-state index contributed by atoms with van der Waals surface area (Å²) in [5.74, 6) is 1.55. The zero-order chi connectivity index (χ0) is 12.4. The summed E-state index contributed by atoms with van der Waals surface area (Å²) >= 11 is 6.06. The molecule has 0 saturated carbocycles. The average Bonchev–Trinajstić information content (AvgIpc) is 2.28. The van der Waals surface area contributed by atoms with E-state index in [0.717, 1.165) is 36.8 Å². The molecule has 3 nitrogen and oxygen atoms in total. The number of alkyl halides is 1. The van der Waals surface area contributed by atoms with E-state index in [2.05, 4.69) is 29.8 Å². The van der Waals surface area contributed by atoms with Crippen molar-refractivity contribution in [2.75, 3.05) is 24.7 Å². The van der Waals surface area contributed by atoms with E-state index in [4.69, 9.17) is 16.3 Å². The maximum atomic E-state index is 6.06. The first kappa shape index (κ1) is 12.7. The van der Waals surface area contributed by atoms with Gasteiger partial charge in [-0.1, -0.05) is 0 Å². The van der Waals surface area contributed by atoms with Gasteiger partial charge in [0, 0.05) is 17.8 Å². The van der Waals surface area contributed by atoms with E-state index in [1.807, 2.05) is 6.92 Å². The molecule has 1 aromatic rings. The van der Waals surface area contributed by atoms with Gasteiger partial charge in [0.15, 0.2) is 0 Å². The molecule has 1 fully saturated rings. The molecule has 94 valence electrons. The normalized spacial score (nSPS) is 20.7. The highest BCUT2D eigenvalue weighted by Crippen LogP contribution is 2.26. The molecule has 0 bridgehead atoms. The van der Waals surface area contributed by atoms with Crippen LogP contribution in [0.5, 0.6) is 0 Å². The minimum absolute atomic E-state index is 0.361. The lowest BCUT2D eigenvalue weighted by Gasteiger charge is -2.35. The third-order valence-corrected chi connectivity index (χ3v) is 3.49. The molecule has 0 N–H and O–H groups in total. The molecule has 0 spiro atoms. The highest BCUT2D eigenvalue weighted by atomic mass is 35.5. The Morgan fingerprint density at radius 2 is 2.29 bits per heavy atom. The Morgan fingerprint density at radius 1 is 1.53 bits per heavy atom. The molecule has 1 aromatic heterocycles. The van der Waals surface area contributed by atoms with Gasteiger partial charge in [-0.3, -0.25) is 0 Å². The summed E-state index contributed by atoms with van der Waals surface area (Å²) < 4.78 is 5.47. The lowest BCUT2D eigenvalue weighted by Crippen LogP contribution is -2.44. The molecular weight excluding hydrogens is 236 g/mol. The minimum Gasteiger partial charge on any atom is -0.377 e. The first-order chi connectivity index (χ1) is 8.13. The van der Waals surface area contributed by atoms with Gasteiger partial charge in [-0.2, -0.15) is 0 Å². The molecule has 1 saturated heterocycles. The predicted molar refractivity (Wildman–Crippen MR) is 70.9 cm³/mol. The van der Waals surface area contributed by atoms with Gasteiger partial charge in [0.25, 0.3) is 0 Å². The molecule has 1 atom stereocenters. The molecule has 0 aliphatic carbocycles. The van der Waals surface area contributed by atoms with Crippen molar-refractivity contribution in [2.24, 2.45) is 0 Å². The Hall–Kier alpha value is -0.800. The van der Waals surface area contributed by atoms with Crippen molar-refractivity contribution in [1.82, 2.24) is 4.98 Å². The molecule has 1 aliphatic rings. The quantitative estimate of drug-likeness (QED) is 0.759. The molecule has 2 rings (SSSR count). The number of ether oxygens (including phenoxy) is 1. The first-order valence-corrected chi connectivity index (χ1v) is 6.54. The smallest absolute Gasteiger partial charge is 0.133 e. The van der Waals surface area contributed by atoms with Crippen LogP contribution in [0.25, 0.3) is 0 Å². The number of hydrogen-bond donors (Lipinski definition) is 0. The molecule has 1 unspecified atom stereocenters. The van der Waals surface area contributed by atoms with Crippen LogP contribution in [0, 0.1) is 13.8 Å². The Morgan fingerprint density at radius 3 is 2.94 bits per heavy atom. The van der Waals surface area contributed by atoms with Crippen molar-refractivity contribution >= 4 is 17.4 Å². The lowest BCUT2D eigenvalue weighted by molar-refractivity contribution is 0.0984. The number of pyridine rings is 1. The van der Waals surface area contributed by atoms with Crippen molar-refractivity contribution in [2.45, 2.75) is 32.7 Å². The van der Waals surface area contributed by atoms with Crippen LogP contribution in [0.15, 0.2) is 6.07 Å². The highest BCUT2D eigenvalue weighted by molar-refractivity contribution is 6.17. The number of nitrogens with zero attached hydrogens (tertiary/aromatic N) is 2. The fraction of sp³-hybridized carbons (Fsp3) is 0.615. The maximum absolute atomic E-state index is 6.06. The highest BCUT2D eigenvalue weighted by Gasteiger charge is 2.23. The van der Waals surface area contributed by atoms with Crippen LogP contribution in [-0.2, 0) is 10.6 Å². The van der Waals surface area contributed by atoms with Gasteiger partial charge in [-0.25, -0.2) is 4.98 Å². The molecule has 17 heavy (non-hydrogen) atoms. The van der Waals surface area contributed by atoms with E-state index < -0.39 is 0 Å². The van der Waals surface area contributed by atoms with Crippen molar-refractivity contribution in [3.63, 3.8) is 0 Å². The zero-order valence-electron chi connectivity index (χ0n) is 10.7. The van der Waals surface area contributed by atoms with Gasteiger partial charge in [-0.05, 0) is 32.4 Å². The second-order valence-electron chi connectivity index (χ2n) is 4.63. The second-order valence-corrected chi connectivity index (χ2v) is 4.90. The topological polar surface area (TPSA) is 25.4 Å². The zero-order valence-corrected chi connectivity index (χ0v) is 11.4. The van der Waals surface area contributed by atoms with E-state index in [-0.39, 0.29) is 0 Å². The molecule has 0 amide bonds. The van der Waals surface area contributed by atoms with Crippen LogP contribution >= 0.6 is 11.6 Å². The van der Waals surface area contributed by atoms with Gasteiger partial charge >= 0.3 is 0 Å². The van der Waals surface area contributed by atoms with Crippen LogP contribution in [0.2, 0.25) is 0 Å². The van der Waals surface area contributed by atoms with Crippen molar-refractivity contribution < 1.29 is 4.74 Å². The third-order valence-electron chi connectivity index (χ3n) is 3.23. The van der Waals surface area contributed by atoms with E-state index >= 15 is 0 Å². The summed E-state index contributed by atoms with van der Waals surface area (Å²) in [5, 5.41) is 0. The summed E-state index contributed by atoms with van der Waals surface area (Å²) in [6, 6.07) is 2.45. The number of halogens is 1. The van der Waals surface area contributed by atoms with Gasteiger partial charge < -0.3 is 9.64 Å². The molecule has 4 heteroatoms. The van der Waals surface area contributed by atoms with Crippen LogP contribution in [-0.4, -0.2) is 30.8 Å². The summed E-state index contributed by atoms with van der Waals surface area (Å²) in [4.78, 5) is 6.97. The summed E-state index contributed by atoms with van der Waals surface area (Å²) in [6.07, 6.45) is 0. The first-order valence-electron chi connectivity index (χ1n) is 6.01. The molecular formula is C13H19ClN2O. The van der Waals surface area contributed by atoms with Gasteiger partial charge in [0.05, 0.1) is 25.1 Å². The Balaban J connectivity index is 2.42. The summed E-state index contributed by atoms with van der Waals surface area (Å²) in [5.41, 5.74) is 3.41. The number of rotatable bonds is 2. The number of aromatic nitrogens is 1. The average molecular weight is 255 g/mol. The van der Waals surface area contributed by atoms with E-state index in [9.17, 15) is 0 Å². The van der Waals surface area contributed by atoms with E-state index in [1.165, 1.54) is 5.56 Å². The number of anilines is 1. The summed E-state index contributed by atoms with van der Waals surface area (Å²) in [6.45, 7) is 8.70. The van der Waals surface area contributed by atoms with Crippen molar-refractivity contribution in [3.8, 4) is 0 Å². The van der Waals surface area contributed by atoms with E-state index in [0.29, 0.717) is 11.9 Å². The van der Waals surface area contributed by atoms with Crippen LogP contribution in [0.4, 0.5) is 5.82 Å². The Labute approximate surface area is 108 Å². The number of morpholine rings is 1. The third kappa shape index (κ3) is 2.55. The molecule has 2 heterocycles. The predicted octanol–water partition coefficient (Wildman–Crippen LogP) is 2.66. The SMILES string of the molecule is Cc1cc(C)c(CCl)c(N2CCOCC2C)n1. The van der Waals surface area contributed by atoms with Crippen LogP contribution in [0.3, 0.4) is 0 Å². The lowest BCUT2D eigenvalue weighted by atomic mass is 10.1. The Kier molecular flexibility index (Phi) is 3.89. The van der Waals surface area contributed by atoms with Gasteiger partial charge in [0.2, 0.25) is 0 Å². The largest absolute Gasteiger partial charge is 0.377 e. The fourth-order valence-corrected chi connectivity index (χ4v) is 2.62. The number of aryl methyl sites for hydroxylation is 2. The monoisotopic (exact) mass is 254 g/mol. The maximum Gasteiger partial charge on any atom is 0.133 e. The van der Waals surface area contributed by atoms with Gasteiger partial charge in [0.1, 0.15) is 5.82 Å². The second kappa shape index (κ2) is 5.23. The number of hydrogen-bond acceptors (Lipinski definition) is 3. The Bertz CT molecular complexity index is 409. The standard InChI is InChI=1S/C13H19ClN2O/c1-9-6-10(2)15-13(12(9)7-14)16-4-5-17-8-11(16)3/h6,11H,4-5,7-8H2,1-3H3. The van der Waals surface area contributed by atoms with Crippen LogP contribution < -0.4 is 4.90 Å². The van der Waals surface area contributed by atoms with Crippen LogP contribution in [0.1, 0.15) is 23.7 Å². The molecule has 0 aromatic carbocycles. The van der Waals surface area contributed by atoms with Crippen molar-refractivity contribution in [1.29, 1.82) is 0 Å². The molecule has 0 radical (unpaired) electrons. The minimum atomic E-state index is 0.361.